The lowest BCUT2D eigenvalue weighted by Crippen LogP contribution is -2.36. The molecule has 0 radical (unpaired) electrons. The van der Waals surface area contributed by atoms with E-state index in [4.69, 9.17) is 4.74 Å². The van der Waals surface area contributed by atoms with Gasteiger partial charge in [-0.2, -0.15) is 9.78 Å². The van der Waals surface area contributed by atoms with Crippen LogP contribution in [0.4, 0.5) is 5.69 Å². The number of rotatable bonds is 3. The lowest BCUT2D eigenvalue weighted by molar-refractivity contribution is 0.122. The van der Waals surface area contributed by atoms with Gasteiger partial charge in [-0.05, 0) is 44.2 Å². The maximum atomic E-state index is 13.3. The van der Waals surface area contributed by atoms with Crippen LogP contribution >= 0.6 is 0 Å². The Kier molecular flexibility index (Phi) is 4.64. The van der Waals surface area contributed by atoms with Crippen LogP contribution in [0.25, 0.3) is 22.1 Å². The van der Waals surface area contributed by atoms with Gasteiger partial charge in [-0.15, -0.1) is 0 Å². The molecule has 2 aromatic carbocycles. The molecule has 1 saturated heterocycles. The molecule has 30 heavy (non-hydrogen) atoms. The van der Waals surface area contributed by atoms with E-state index in [1.54, 1.807) is 6.20 Å². The van der Waals surface area contributed by atoms with Gasteiger partial charge in [-0.1, -0.05) is 24.3 Å². The number of morpholine rings is 1. The quantitative estimate of drug-likeness (QED) is 0.527. The van der Waals surface area contributed by atoms with E-state index >= 15 is 0 Å². The molecule has 6 heteroatoms. The summed E-state index contributed by atoms with van der Waals surface area (Å²) < 4.78 is 9.12. The molecule has 1 aliphatic rings. The molecule has 2 aromatic heterocycles. The molecule has 6 nitrogen and oxygen atoms in total. The zero-order valence-electron chi connectivity index (χ0n) is 17.2. The van der Waals surface area contributed by atoms with Crippen LogP contribution < -0.4 is 10.5 Å². The lowest BCUT2D eigenvalue weighted by atomic mass is 10.2. The SMILES string of the molecule is Cc1c2cnn(-c3ccccc3)c(=O)c2c(C)n1-c1cccc(N2CCOCC2)c1. The van der Waals surface area contributed by atoms with Crippen LogP contribution in [-0.4, -0.2) is 40.7 Å². The van der Waals surface area contributed by atoms with Gasteiger partial charge >= 0.3 is 0 Å². The molecule has 0 unspecified atom stereocenters. The van der Waals surface area contributed by atoms with Crippen LogP contribution in [0, 0.1) is 13.8 Å². The highest BCUT2D eigenvalue weighted by Gasteiger charge is 2.19. The normalized spacial score (nSPS) is 14.4. The summed E-state index contributed by atoms with van der Waals surface area (Å²) in [7, 11) is 0. The second kappa shape index (κ2) is 7.46. The third kappa shape index (κ3) is 3.00. The molecule has 0 atom stereocenters. The predicted molar refractivity (Wildman–Crippen MR) is 119 cm³/mol. The number of aromatic nitrogens is 3. The minimum Gasteiger partial charge on any atom is -0.378 e. The first-order valence-corrected chi connectivity index (χ1v) is 10.2. The van der Waals surface area contributed by atoms with Crippen molar-refractivity contribution in [2.45, 2.75) is 13.8 Å². The van der Waals surface area contributed by atoms with Crippen molar-refractivity contribution in [3.63, 3.8) is 0 Å². The van der Waals surface area contributed by atoms with Crippen molar-refractivity contribution in [2.24, 2.45) is 0 Å². The topological polar surface area (TPSA) is 52.3 Å². The Morgan fingerprint density at radius 2 is 1.57 bits per heavy atom. The molecular formula is C24H24N4O2. The number of nitrogens with zero attached hydrogens (tertiary/aromatic N) is 4. The molecule has 4 aromatic rings. The van der Waals surface area contributed by atoms with Crippen LogP contribution in [0.2, 0.25) is 0 Å². The first kappa shape index (κ1) is 18.6. The fraction of sp³-hybridized carbons (Fsp3) is 0.250. The molecule has 1 aliphatic heterocycles. The zero-order chi connectivity index (χ0) is 20.7. The zero-order valence-corrected chi connectivity index (χ0v) is 17.2. The maximum absolute atomic E-state index is 13.3. The van der Waals surface area contributed by atoms with E-state index in [2.05, 4.69) is 38.8 Å². The van der Waals surface area contributed by atoms with Crippen LogP contribution in [-0.2, 0) is 4.74 Å². The largest absolute Gasteiger partial charge is 0.378 e. The Hall–Kier alpha value is -3.38. The highest BCUT2D eigenvalue weighted by atomic mass is 16.5. The summed E-state index contributed by atoms with van der Waals surface area (Å²) in [6, 6.07) is 18.0. The van der Waals surface area contributed by atoms with Crippen LogP contribution in [0.15, 0.2) is 65.6 Å². The molecule has 0 aliphatic carbocycles. The first-order valence-electron chi connectivity index (χ1n) is 10.2. The van der Waals surface area contributed by atoms with Crippen LogP contribution in [0.5, 0.6) is 0 Å². The number of aryl methyl sites for hydroxylation is 2. The van der Waals surface area contributed by atoms with Crippen molar-refractivity contribution in [3.05, 3.63) is 82.5 Å². The third-order valence-electron chi connectivity index (χ3n) is 5.87. The molecule has 5 rings (SSSR count). The van der Waals surface area contributed by atoms with E-state index in [-0.39, 0.29) is 5.56 Å². The molecule has 0 N–H and O–H groups in total. The highest BCUT2D eigenvalue weighted by molar-refractivity contribution is 5.88. The molecule has 0 spiro atoms. The van der Waals surface area contributed by atoms with Crippen molar-refractivity contribution in [1.29, 1.82) is 0 Å². The van der Waals surface area contributed by atoms with E-state index in [1.165, 1.54) is 10.4 Å². The summed E-state index contributed by atoms with van der Waals surface area (Å²) >= 11 is 0. The van der Waals surface area contributed by atoms with Crippen molar-refractivity contribution < 1.29 is 4.74 Å². The summed E-state index contributed by atoms with van der Waals surface area (Å²) in [6.07, 6.45) is 1.80. The van der Waals surface area contributed by atoms with Gasteiger partial charge in [0.1, 0.15) is 0 Å². The van der Waals surface area contributed by atoms with Crippen molar-refractivity contribution >= 4 is 16.5 Å². The Morgan fingerprint density at radius 1 is 0.867 bits per heavy atom. The van der Waals surface area contributed by atoms with E-state index in [0.717, 1.165) is 54.5 Å². The number of anilines is 1. The van der Waals surface area contributed by atoms with Gasteiger partial charge in [-0.3, -0.25) is 4.79 Å². The third-order valence-corrected chi connectivity index (χ3v) is 5.87. The molecule has 0 bridgehead atoms. The number of ether oxygens (including phenoxy) is 1. The Morgan fingerprint density at radius 3 is 2.33 bits per heavy atom. The van der Waals surface area contributed by atoms with E-state index < -0.39 is 0 Å². The van der Waals surface area contributed by atoms with E-state index in [9.17, 15) is 4.79 Å². The minimum atomic E-state index is -0.0950. The number of para-hydroxylation sites is 1. The molecule has 0 saturated carbocycles. The van der Waals surface area contributed by atoms with Gasteiger partial charge in [0, 0.05) is 41.2 Å². The minimum absolute atomic E-state index is 0.0950. The van der Waals surface area contributed by atoms with E-state index in [1.807, 2.05) is 44.2 Å². The number of fused-ring (bicyclic) bond motifs is 1. The smallest absolute Gasteiger partial charge is 0.281 e. The van der Waals surface area contributed by atoms with E-state index in [0.29, 0.717) is 5.39 Å². The maximum Gasteiger partial charge on any atom is 0.281 e. The summed E-state index contributed by atoms with van der Waals surface area (Å²) in [6.45, 7) is 7.33. The Bertz CT molecular complexity index is 1270. The van der Waals surface area contributed by atoms with Gasteiger partial charge in [0.25, 0.3) is 5.56 Å². The number of benzene rings is 2. The number of hydrogen-bond acceptors (Lipinski definition) is 4. The summed E-state index contributed by atoms with van der Waals surface area (Å²) in [5.74, 6) is 0. The Labute approximate surface area is 174 Å². The van der Waals surface area contributed by atoms with Crippen molar-refractivity contribution in [3.8, 4) is 11.4 Å². The molecular weight excluding hydrogens is 376 g/mol. The first-order chi connectivity index (χ1) is 14.6. The fourth-order valence-electron chi connectivity index (χ4n) is 4.35. The Balaban J connectivity index is 1.66. The summed E-state index contributed by atoms with van der Waals surface area (Å²) in [4.78, 5) is 15.7. The standard InChI is InChI=1S/C24H24N4O2/c1-17-22-16-25-28(19-7-4-3-5-8-19)24(29)23(22)18(2)27(17)21-10-6-9-20(15-21)26-11-13-30-14-12-26/h3-10,15-16H,11-14H2,1-2H3. The molecule has 0 amide bonds. The fourth-order valence-corrected chi connectivity index (χ4v) is 4.35. The number of hydrogen-bond donors (Lipinski definition) is 0. The van der Waals surface area contributed by atoms with Gasteiger partial charge in [-0.25, -0.2) is 0 Å². The van der Waals surface area contributed by atoms with Crippen molar-refractivity contribution in [1.82, 2.24) is 14.3 Å². The predicted octanol–water partition coefficient (Wildman–Crippen LogP) is 3.63. The molecule has 152 valence electrons. The van der Waals surface area contributed by atoms with Crippen LogP contribution in [0.1, 0.15) is 11.4 Å². The van der Waals surface area contributed by atoms with Crippen molar-refractivity contribution in [2.75, 3.05) is 31.2 Å². The summed E-state index contributed by atoms with van der Waals surface area (Å²) in [5.41, 5.74) is 4.85. The van der Waals surface area contributed by atoms with Gasteiger partial charge in [0.15, 0.2) is 0 Å². The van der Waals surface area contributed by atoms with Gasteiger partial charge < -0.3 is 14.2 Å². The highest BCUT2D eigenvalue weighted by Crippen LogP contribution is 2.28. The lowest BCUT2D eigenvalue weighted by Gasteiger charge is -2.29. The second-order valence-electron chi connectivity index (χ2n) is 7.61. The second-order valence-corrected chi connectivity index (χ2v) is 7.61. The van der Waals surface area contributed by atoms with Gasteiger partial charge in [0.2, 0.25) is 0 Å². The molecule has 1 fully saturated rings. The average molecular weight is 400 g/mol. The monoisotopic (exact) mass is 400 g/mol. The van der Waals surface area contributed by atoms with Gasteiger partial charge in [0.05, 0.1) is 30.5 Å². The van der Waals surface area contributed by atoms with Crippen LogP contribution in [0.3, 0.4) is 0 Å². The molecule has 3 heterocycles. The summed E-state index contributed by atoms with van der Waals surface area (Å²) in [5, 5.41) is 6.05. The average Bonchev–Trinajstić information content (AvgIpc) is 3.06.